The number of benzene rings is 4. The first kappa shape index (κ1) is 85.3. The quantitative estimate of drug-likeness (QED) is 0.0503. The highest BCUT2D eigenvalue weighted by atomic mass is 35.5. The highest BCUT2D eigenvalue weighted by Crippen LogP contribution is 2.44. The third kappa shape index (κ3) is 20.5. The standard InChI is InChI=1S/C32H38N6O3.C28H39ClN6O3.C26H33F3N6O4/c1-2-30(40)35-11-13-36(14-12-35)31-27-9-10-38(29-19-25(39)18-23-5-3-4-6-26(23)29)21-28(27)33-32(34-31)41-16-15-37-20-22-7-8-24(37)17-22;1-7-25(37)33-10-12-34(13-11-33)27-21-8-9-35(24-15-20(36)14-22(29)26(24)18(2)3)17-23(21)30-28(31-27)38-19(4)16-32(5)6;1-5-23(37)33-10-12-34(13-11-33)24-19-8-9-35(21-14-18(36)6-7-22(21)39-26(27,28)29)16-20(19)30-25(31-24)38-17(2)15-32(3)4/h2-6,18-19,22,24,39H,1,7-17,20-21H2;7,14-15,18-19,36H,1,8-13,16-17H2,2-6H3;5-7,14,17,36H,1,8-13,15-16H2,2-4H3/t;19-;17-/m.11/s1. The second-order valence-electron chi connectivity index (χ2n) is 32.3. The number of likely N-dealkylation sites (N-methyl/N-ethyl adjacent to an activating group) is 2. The van der Waals surface area contributed by atoms with E-state index >= 15 is 0 Å². The summed E-state index contributed by atoms with van der Waals surface area (Å²) in [7, 11) is 7.87. The lowest BCUT2D eigenvalue weighted by molar-refractivity contribution is -0.274. The van der Waals surface area contributed by atoms with Crippen LogP contribution in [-0.2, 0) is 53.3 Å². The number of halogens is 4. The van der Waals surface area contributed by atoms with Gasteiger partial charge in [-0.2, -0.15) is 29.9 Å². The summed E-state index contributed by atoms with van der Waals surface area (Å²) in [5.41, 5.74) is 8.68. The number of piperazine rings is 3. The number of ether oxygens (including phenoxy) is 4. The number of phenolic OH excluding ortho intramolecular Hbond substituents is 3. The molecule has 28 nitrogen and oxygen atoms in total. The molecule has 3 aromatic heterocycles. The molecule has 632 valence electrons. The largest absolute Gasteiger partial charge is 0.573 e. The van der Waals surface area contributed by atoms with Gasteiger partial charge in [-0.3, -0.25) is 19.3 Å². The fourth-order valence-corrected chi connectivity index (χ4v) is 17.9. The number of rotatable bonds is 23. The Kier molecular flexibility index (Phi) is 27.1. The number of hydrogen-bond acceptors (Lipinski definition) is 25. The molecule has 0 radical (unpaired) electrons. The molecular formula is C86H110ClF3N18O10. The van der Waals surface area contributed by atoms with Crippen LogP contribution in [0.3, 0.4) is 0 Å². The van der Waals surface area contributed by atoms with Crippen LogP contribution >= 0.6 is 11.6 Å². The van der Waals surface area contributed by atoms with Crippen molar-refractivity contribution in [3.8, 4) is 41.0 Å². The van der Waals surface area contributed by atoms with E-state index in [0.717, 1.165) is 124 Å². The Morgan fingerprint density at radius 1 is 0.542 bits per heavy atom. The van der Waals surface area contributed by atoms with E-state index in [4.69, 9.17) is 50.7 Å². The first-order chi connectivity index (χ1) is 56.5. The molecule has 3 amide bonds. The number of aromatic hydroxyl groups is 3. The Balaban J connectivity index is 0.000000154. The van der Waals surface area contributed by atoms with Gasteiger partial charge in [0.1, 0.15) is 53.5 Å². The van der Waals surface area contributed by atoms with Crippen molar-refractivity contribution in [1.29, 1.82) is 0 Å². The lowest BCUT2D eigenvalue weighted by atomic mass is 9.97. The number of phenols is 3. The molecule has 4 saturated heterocycles. The van der Waals surface area contributed by atoms with Crippen LogP contribution in [0.1, 0.15) is 92.2 Å². The van der Waals surface area contributed by atoms with Crippen LogP contribution in [0, 0.1) is 5.92 Å². The maximum atomic E-state index is 13.1. The van der Waals surface area contributed by atoms with Crippen molar-refractivity contribution in [2.24, 2.45) is 5.92 Å². The maximum Gasteiger partial charge on any atom is 0.573 e. The Hall–Kier alpha value is -10.6. The zero-order chi connectivity index (χ0) is 83.8. The molecule has 32 heteroatoms. The number of nitrogens with zero attached hydrogens (tertiary/aromatic N) is 18. The second kappa shape index (κ2) is 37.5. The van der Waals surface area contributed by atoms with E-state index in [0.29, 0.717) is 152 Å². The van der Waals surface area contributed by atoms with Crippen LogP contribution in [0.2, 0.25) is 5.02 Å². The van der Waals surface area contributed by atoms with E-state index in [2.05, 4.69) is 83.7 Å². The number of carbonyl (C=O) groups excluding carboxylic acids is 3. The molecule has 15 rings (SSSR count). The third-order valence-corrected chi connectivity index (χ3v) is 23.3. The summed E-state index contributed by atoms with van der Waals surface area (Å²) in [4.78, 5) is 90.2. The predicted molar refractivity (Wildman–Crippen MR) is 450 cm³/mol. The third-order valence-electron chi connectivity index (χ3n) is 22.9. The number of hydrogen-bond donors (Lipinski definition) is 3. The lowest BCUT2D eigenvalue weighted by Gasteiger charge is -2.38. The molecule has 8 aliphatic rings. The number of piperidine rings is 1. The van der Waals surface area contributed by atoms with Crippen LogP contribution in [0.25, 0.3) is 10.8 Å². The average molecular weight is 1650 g/mol. The number of anilines is 6. The number of amides is 3. The second-order valence-corrected chi connectivity index (χ2v) is 32.7. The number of alkyl halides is 3. The van der Waals surface area contributed by atoms with Crippen LogP contribution in [0.4, 0.5) is 47.7 Å². The van der Waals surface area contributed by atoms with Crippen LogP contribution in [0.15, 0.2) is 105 Å². The first-order valence-electron chi connectivity index (χ1n) is 40.8. The minimum atomic E-state index is -4.88. The van der Waals surface area contributed by atoms with Crippen LogP contribution in [0.5, 0.6) is 41.0 Å². The van der Waals surface area contributed by atoms with E-state index in [1.54, 1.807) is 21.9 Å². The van der Waals surface area contributed by atoms with Gasteiger partial charge in [0.25, 0.3) is 0 Å². The van der Waals surface area contributed by atoms with Crippen molar-refractivity contribution in [1.82, 2.24) is 59.3 Å². The summed E-state index contributed by atoms with van der Waals surface area (Å²) in [5, 5.41) is 33.5. The summed E-state index contributed by atoms with van der Waals surface area (Å²) in [6.45, 7) is 33.6. The van der Waals surface area contributed by atoms with Crippen LogP contribution < -0.4 is 48.3 Å². The van der Waals surface area contributed by atoms with Crippen molar-refractivity contribution in [3.05, 3.63) is 149 Å². The maximum absolute atomic E-state index is 13.1. The lowest BCUT2D eigenvalue weighted by Crippen LogP contribution is -2.49. The zero-order valence-corrected chi connectivity index (χ0v) is 69.6. The molecule has 2 bridgehead atoms. The smallest absolute Gasteiger partial charge is 0.508 e. The zero-order valence-electron chi connectivity index (χ0n) is 68.9. The molecule has 2 unspecified atom stereocenters. The van der Waals surface area contributed by atoms with Gasteiger partial charge in [-0.1, -0.05) is 69.5 Å². The molecule has 1 aliphatic carbocycles. The Morgan fingerprint density at radius 3 is 1.43 bits per heavy atom. The van der Waals surface area contributed by atoms with Gasteiger partial charge < -0.3 is 88.2 Å². The fourth-order valence-electron chi connectivity index (χ4n) is 17.5. The SMILES string of the molecule is C=CC(=O)N1CCN(c2nc(OCCN3CC4CCC3C4)nc3c2CCN(c2cc(O)cc4ccccc24)C3)CC1.C=CC(=O)N1CCN(c2nc(O[C@H](C)CN(C)C)nc3c2CCN(c2cc(O)cc(Cl)c2C(C)C)C3)CC1.C=CC(=O)N1CCN(c2nc(O[C@H](C)CN(C)C)nc3c2CCN(c2cc(O)ccc2OC(F)(F)F)C3)CC1. The van der Waals surface area contributed by atoms with Crippen molar-refractivity contribution in [2.45, 2.75) is 116 Å². The summed E-state index contributed by atoms with van der Waals surface area (Å²) < 4.78 is 61.9. The normalized spacial score (nSPS) is 18.6. The van der Waals surface area contributed by atoms with Crippen molar-refractivity contribution >= 4 is 74.6 Å². The molecule has 4 aromatic carbocycles. The predicted octanol–water partition coefficient (Wildman–Crippen LogP) is 10.1. The summed E-state index contributed by atoms with van der Waals surface area (Å²) in [6, 6.07) is 20.4. The molecule has 118 heavy (non-hydrogen) atoms. The first-order valence-corrected chi connectivity index (χ1v) is 41.2. The number of aromatic nitrogens is 6. The van der Waals surface area contributed by atoms with Crippen molar-refractivity contribution in [3.63, 3.8) is 0 Å². The summed E-state index contributed by atoms with van der Waals surface area (Å²) >= 11 is 6.57. The molecule has 7 aromatic rings. The minimum Gasteiger partial charge on any atom is -0.508 e. The Bertz CT molecular complexity index is 4790. The van der Waals surface area contributed by atoms with E-state index in [-0.39, 0.29) is 71.3 Å². The van der Waals surface area contributed by atoms with Crippen LogP contribution in [-0.4, -0.2) is 276 Å². The molecule has 0 spiro atoms. The number of likely N-dealkylation sites (tertiary alicyclic amines) is 1. The highest BCUT2D eigenvalue weighted by molar-refractivity contribution is 6.32. The minimum absolute atomic E-state index is 0.0250. The van der Waals surface area contributed by atoms with Gasteiger partial charge in [0.05, 0.1) is 42.4 Å². The van der Waals surface area contributed by atoms with Gasteiger partial charge in [0.2, 0.25) is 17.7 Å². The van der Waals surface area contributed by atoms with Gasteiger partial charge in [0, 0.05) is 187 Å². The molecular weight excluding hydrogens is 1540 g/mol. The highest BCUT2D eigenvalue weighted by Gasteiger charge is 2.40. The van der Waals surface area contributed by atoms with Gasteiger partial charge in [-0.25, -0.2) is 0 Å². The Labute approximate surface area is 693 Å². The molecule has 7 aliphatic heterocycles. The van der Waals surface area contributed by atoms with Crippen molar-refractivity contribution in [2.75, 3.05) is 189 Å². The van der Waals surface area contributed by atoms with Crippen molar-refractivity contribution < 1.29 is 61.8 Å². The fraction of sp³-hybridized carbons (Fsp3) is 0.500. The number of fused-ring (bicyclic) bond motifs is 6. The molecule has 3 N–H and O–H groups in total. The molecule has 4 atom stereocenters. The van der Waals surface area contributed by atoms with E-state index in [1.165, 1.54) is 50.1 Å². The monoisotopic (exact) mass is 1650 g/mol. The molecule has 10 heterocycles. The van der Waals surface area contributed by atoms with Gasteiger partial charge in [-0.15, -0.1) is 13.2 Å². The Morgan fingerprint density at radius 2 is 0.983 bits per heavy atom. The molecule has 5 fully saturated rings. The van der Waals surface area contributed by atoms with Gasteiger partial charge >= 0.3 is 24.4 Å². The van der Waals surface area contributed by atoms with E-state index < -0.39 is 12.1 Å². The summed E-state index contributed by atoms with van der Waals surface area (Å²) in [6.07, 6.45) is 4.87. The van der Waals surface area contributed by atoms with E-state index in [1.807, 2.05) is 87.1 Å². The topological polar surface area (TPSA) is 265 Å². The summed E-state index contributed by atoms with van der Waals surface area (Å²) in [5.74, 6) is 3.19. The average Bonchev–Trinajstić information content (AvgIpc) is 1.03. The van der Waals surface area contributed by atoms with E-state index in [9.17, 15) is 42.9 Å². The van der Waals surface area contributed by atoms with Gasteiger partial charge in [0.15, 0.2) is 5.75 Å². The van der Waals surface area contributed by atoms with Gasteiger partial charge in [-0.05, 0) is 146 Å². The molecule has 1 saturated carbocycles. The number of carbonyl (C=O) groups is 3.